The van der Waals surface area contributed by atoms with Gasteiger partial charge in [-0.2, -0.15) is 0 Å². The van der Waals surface area contributed by atoms with Gasteiger partial charge in [0.15, 0.2) is 0 Å². The van der Waals surface area contributed by atoms with Gasteiger partial charge in [0.25, 0.3) is 5.56 Å². The van der Waals surface area contributed by atoms with Gasteiger partial charge in [0.1, 0.15) is 0 Å². The van der Waals surface area contributed by atoms with E-state index in [1.165, 1.54) is 0 Å². The highest BCUT2D eigenvalue weighted by Gasteiger charge is 2.17. The highest BCUT2D eigenvalue weighted by molar-refractivity contribution is 5.81. The molecule has 0 spiro atoms. The molecule has 0 fully saturated rings. The van der Waals surface area contributed by atoms with Crippen molar-refractivity contribution in [1.29, 1.82) is 0 Å². The number of nitrogens with zero attached hydrogens (tertiary/aromatic N) is 3. The minimum absolute atomic E-state index is 0.155. The highest BCUT2D eigenvalue weighted by Crippen LogP contribution is 2.16. The van der Waals surface area contributed by atoms with Crippen LogP contribution in [0, 0.1) is 0 Å². The summed E-state index contributed by atoms with van der Waals surface area (Å²) in [6, 6.07) is 5.45. The second-order valence-electron chi connectivity index (χ2n) is 5.56. The lowest BCUT2D eigenvalue weighted by Crippen LogP contribution is -2.41. The maximum atomic E-state index is 12.2. The quantitative estimate of drug-likeness (QED) is 0.811. The fraction of sp³-hybridized carbons (Fsp3) is 0.467. The normalized spacial score (nSPS) is 12.8. The van der Waals surface area contributed by atoms with E-state index in [1.807, 2.05) is 14.1 Å². The molecule has 2 aromatic rings. The van der Waals surface area contributed by atoms with Crippen molar-refractivity contribution in [1.82, 2.24) is 14.9 Å². The first-order chi connectivity index (χ1) is 9.92. The van der Waals surface area contributed by atoms with E-state index in [2.05, 4.69) is 33.6 Å². The fourth-order valence-electron chi connectivity index (χ4n) is 2.58. The van der Waals surface area contributed by atoms with Crippen molar-refractivity contribution in [2.45, 2.75) is 19.9 Å². The number of anilines is 2. The van der Waals surface area contributed by atoms with Crippen molar-refractivity contribution in [2.75, 3.05) is 37.8 Å². The summed E-state index contributed by atoms with van der Waals surface area (Å²) < 4.78 is 0. The maximum Gasteiger partial charge on any atom is 0.260 e. The van der Waals surface area contributed by atoms with Crippen LogP contribution in [0.3, 0.4) is 0 Å². The molecule has 0 aliphatic heterocycles. The molecule has 114 valence electrons. The van der Waals surface area contributed by atoms with Crippen LogP contribution >= 0.6 is 0 Å². The molecule has 0 bridgehead atoms. The number of hydrogen-bond donors (Lipinski definition) is 2. The molecule has 2 rings (SSSR count). The van der Waals surface area contributed by atoms with Gasteiger partial charge < -0.3 is 15.5 Å². The smallest absolute Gasteiger partial charge is 0.260 e. The topological polar surface area (TPSA) is 78.2 Å². The van der Waals surface area contributed by atoms with Crippen LogP contribution in [-0.4, -0.2) is 48.1 Å². The number of fused-ring (bicyclic) bond motifs is 1. The zero-order valence-corrected chi connectivity index (χ0v) is 13.1. The van der Waals surface area contributed by atoms with Crippen molar-refractivity contribution in [3.63, 3.8) is 0 Å². The molecule has 21 heavy (non-hydrogen) atoms. The summed E-state index contributed by atoms with van der Waals surface area (Å²) in [6.07, 6.45) is 0. The summed E-state index contributed by atoms with van der Waals surface area (Å²) in [5, 5.41) is 0.523. The molecular weight excluding hydrogens is 266 g/mol. The summed E-state index contributed by atoms with van der Waals surface area (Å²) >= 11 is 0. The number of nitrogens with two attached hydrogens (primary N) is 1. The zero-order chi connectivity index (χ0) is 15.6. The van der Waals surface area contributed by atoms with Crippen molar-refractivity contribution in [2.24, 2.45) is 0 Å². The average Bonchev–Trinajstić information content (AvgIpc) is 2.39. The third-order valence-corrected chi connectivity index (χ3v) is 3.49. The van der Waals surface area contributed by atoms with E-state index in [4.69, 9.17) is 5.73 Å². The van der Waals surface area contributed by atoms with Gasteiger partial charge >= 0.3 is 0 Å². The van der Waals surface area contributed by atoms with Crippen LogP contribution < -0.4 is 16.2 Å². The average molecular weight is 289 g/mol. The maximum absolute atomic E-state index is 12.2. The summed E-state index contributed by atoms with van der Waals surface area (Å²) in [5.74, 6) is 0.606. The van der Waals surface area contributed by atoms with Crippen LogP contribution in [0.4, 0.5) is 11.6 Å². The van der Waals surface area contributed by atoms with Gasteiger partial charge in [-0.1, -0.05) is 0 Å². The molecule has 1 aromatic heterocycles. The van der Waals surface area contributed by atoms with Gasteiger partial charge in [0, 0.05) is 24.8 Å². The Morgan fingerprint density at radius 1 is 1.38 bits per heavy atom. The molecule has 0 saturated carbocycles. The molecule has 0 aliphatic carbocycles. The van der Waals surface area contributed by atoms with E-state index >= 15 is 0 Å². The number of nitrogen functional groups attached to an aromatic ring is 1. The van der Waals surface area contributed by atoms with E-state index < -0.39 is 0 Å². The standard InChI is InChI=1S/C15H23N5O/c1-5-20(10(2)9-19(3)4)15-17-13-7-6-11(16)8-12(13)14(21)18-15/h6-8,10H,5,9,16H2,1-4H3,(H,17,18,21). The number of H-pyrrole nitrogens is 1. The molecule has 0 radical (unpaired) electrons. The molecule has 1 unspecified atom stereocenters. The first kappa shape index (κ1) is 15.3. The lowest BCUT2D eigenvalue weighted by Gasteiger charge is -2.30. The Morgan fingerprint density at radius 3 is 2.71 bits per heavy atom. The number of aromatic nitrogens is 2. The van der Waals surface area contributed by atoms with E-state index in [1.54, 1.807) is 18.2 Å². The predicted octanol–water partition coefficient (Wildman–Crippen LogP) is 1.28. The molecular formula is C15H23N5O. The SMILES string of the molecule is CCN(c1nc2ccc(N)cc2c(=O)[nH]1)C(C)CN(C)C. The van der Waals surface area contributed by atoms with Crippen LogP contribution in [0.1, 0.15) is 13.8 Å². The molecule has 1 aromatic carbocycles. The Hall–Kier alpha value is -2.08. The van der Waals surface area contributed by atoms with Crippen LogP contribution in [-0.2, 0) is 0 Å². The highest BCUT2D eigenvalue weighted by atomic mass is 16.1. The van der Waals surface area contributed by atoms with Crippen molar-refractivity contribution >= 4 is 22.5 Å². The van der Waals surface area contributed by atoms with Crippen LogP contribution in [0.2, 0.25) is 0 Å². The van der Waals surface area contributed by atoms with Gasteiger partial charge in [0.05, 0.1) is 10.9 Å². The third kappa shape index (κ3) is 3.33. The Labute approximate surface area is 124 Å². The predicted molar refractivity (Wildman–Crippen MR) is 87.8 cm³/mol. The minimum atomic E-state index is -0.155. The molecule has 0 saturated heterocycles. The summed E-state index contributed by atoms with van der Waals surface area (Å²) in [7, 11) is 4.06. The summed E-state index contributed by atoms with van der Waals surface area (Å²) in [5.41, 5.74) is 6.80. The zero-order valence-electron chi connectivity index (χ0n) is 13.1. The Bertz CT molecular complexity index is 679. The Morgan fingerprint density at radius 2 is 2.10 bits per heavy atom. The molecule has 0 amide bonds. The number of hydrogen-bond acceptors (Lipinski definition) is 5. The van der Waals surface area contributed by atoms with E-state index in [9.17, 15) is 4.79 Å². The second-order valence-corrected chi connectivity index (χ2v) is 5.56. The van der Waals surface area contributed by atoms with Crippen LogP contribution in [0.25, 0.3) is 10.9 Å². The van der Waals surface area contributed by atoms with Crippen molar-refractivity contribution in [3.8, 4) is 0 Å². The molecule has 0 aliphatic rings. The van der Waals surface area contributed by atoms with Crippen molar-refractivity contribution in [3.05, 3.63) is 28.6 Å². The largest absolute Gasteiger partial charge is 0.399 e. The number of rotatable bonds is 5. The number of benzene rings is 1. The van der Waals surface area contributed by atoms with E-state index in [-0.39, 0.29) is 11.6 Å². The summed E-state index contributed by atoms with van der Waals surface area (Å²) in [4.78, 5) is 23.9. The third-order valence-electron chi connectivity index (χ3n) is 3.49. The molecule has 3 N–H and O–H groups in total. The van der Waals surface area contributed by atoms with Gasteiger partial charge in [-0.3, -0.25) is 9.78 Å². The van der Waals surface area contributed by atoms with Gasteiger partial charge in [-0.05, 0) is 46.1 Å². The van der Waals surface area contributed by atoms with Crippen LogP contribution in [0.5, 0.6) is 0 Å². The monoisotopic (exact) mass is 289 g/mol. The van der Waals surface area contributed by atoms with Gasteiger partial charge in [-0.15, -0.1) is 0 Å². The van der Waals surface area contributed by atoms with Gasteiger partial charge in [-0.25, -0.2) is 4.98 Å². The number of nitrogens with one attached hydrogen (secondary N) is 1. The first-order valence-electron chi connectivity index (χ1n) is 7.13. The summed E-state index contributed by atoms with van der Waals surface area (Å²) in [6.45, 7) is 5.84. The lowest BCUT2D eigenvalue weighted by atomic mass is 10.2. The van der Waals surface area contributed by atoms with Crippen molar-refractivity contribution < 1.29 is 0 Å². The fourth-order valence-corrected chi connectivity index (χ4v) is 2.58. The van der Waals surface area contributed by atoms with Gasteiger partial charge in [0.2, 0.25) is 5.95 Å². The molecule has 1 atom stereocenters. The number of aromatic amines is 1. The Kier molecular flexibility index (Phi) is 4.47. The molecule has 6 heteroatoms. The molecule has 6 nitrogen and oxygen atoms in total. The lowest BCUT2D eigenvalue weighted by molar-refractivity contribution is 0.371. The number of likely N-dealkylation sites (N-methyl/N-ethyl adjacent to an activating group) is 2. The van der Waals surface area contributed by atoms with E-state index in [0.717, 1.165) is 13.1 Å². The molecule has 1 heterocycles. The minimum Gasteiger partial charge on any atom is -0.399 e. The first-order valence-corrected chi connectivity index (χ1v) is 7.13. The Balaban J connectivity index is 2.45. The second kappa shape index (κ2) is 6.13. The van der Waals surface area contributed by atoms with E-state index in [0.29, 0.717) is 22.5 Å². The van der Waals surface area contributed by atoms with Crippen LogP contribution in [0.15, 0.2) is 23.0 Å².